The van der Waals surface area contributed by atoms with E-state index in [2.05, 4.69) is 0 Å². The summed E-state index contributed by atoms with van der Waals surface area (Å²) >= 11 is 0. The van der Waals surface area contributed by atoms with Crippen molar-refractivity contribution in [3.8, 4) is 0 Å². The van der Waals surface area contributed by atoms with Gasteiger partial charge in [0, 0.05) is 19.0 Å². The minimum Gasteiger partial charge on any atom is -0.467 e. The van der Waals surface area contributed by atoms with E-state index in [1.807, 2.05) is 0 Å². The number of likely N-dealkylation sites (tertiary alicyclic amines) is 1. The summed E-state index contributed by atoms with van der Waals surface area (Å²) in [7, 11) is -3.16. The number of nitrogens with zero attached hydrogens (tertiary/aromatic N) is 2. The zero-order valence-corrected chi connectivity index (χ0v) is 17.1. The van der Waals surface area contributed by atoms with Gasteiger partial charge in [-0.3, -0.25) is 19.3 Å². The third-order valence-electron chi connectivity index (χ3n) is 6.36. The maximum atomic E-state index is 13.0. The third kappa shape index (κ3) is 4.10. The van der Waals surface area contributed by atoms with E-state index in [9.17, 15) is 22.8 Å². The van der Waals surface area contributed by atoms with Crippen molar-refractivity contribution in [2.75, 3.05) is 18.1 Å². The number of hydrogen-bond acceptors (Lipinski definition) is 6. The summed E-state index contributed by atoms with van der Waals surface area (Å²) < 4.78 is 29.2. The van der Waals surface area contributed by atoms with Gasteiger partial charge < -0.3 is 9.32 Å². The maximum Gasteiger partial charge on any atom is 0.233 e. The van der Waals surface area contributed by atoms with E-state index in [0.717, 1.165) is 25.7 Å². The molecule has 3 amide bonds. The Morgan fingerprint density at radius 1 is 1.14 bits per heavy atom. The molecule has 158 valence electrons. The number of amides is 3. The van der Waals surface area contributed by atoms with Gasteiger partial charge in [-0.05, 0) is 31.4 Å². The molecule has 0 N–H and O–H groups in total. The number of hydrogen-bond donors (Lipinski definition) is 0. The standard InChI is InChI=1S/C20H26N2O6S/c23-18(7-9-21-19(24)16-5-1-2-6-17(16)20(21)25)22(12-15-4-3-10-28-15)14-8-11-29(26,27)13-14/h3-4,10,14,16-17H,1-2,5-9,11-13H2/t14-,16-,17-/m0/s1. The highest BCUT2D eigenvalue weighted by atomic mass is 32.2. The Labute approximate surface area is 170 Å². The predicted molar refractivity (Wildman–Crippen MR) is 103 cm³/mol. The Kier molecular flexibility index (Phi) is 5.50. The molecule has 9 heteroatoms. The van der Waals surface area contributed by atoms with E-state index in [0.29, 0.717) is 12.2 Å². The highest BCUT2D eigenvalue weighted by Gasteiger charge is 2.48. The zero-order valence-electron chi connectivity index (χ0n) is 16.3. The fraction of sp³-hybridized carbons (Fsp3) is 0.650. The van der Waals surface area contributed by atoms with Crippen LogP contribution in [0.2, 0.25) is 0 Å². The number of carbonyl (C=O) groups is 3. The molecular formula is C20H26N2O6S. The molecule has 1 saturated carbocycles. The third-order valence-corrected chi connectivity index (χ3v) is 8.11. The normalized spacial score (nSPS) is 28.6. The predicted octanol–water partition coefficient (Wildman–Crippen LogP) is 1.36. The van der Waals surface area contributed by atoms with Crippen molar-refractivity contribution in [1.29, 1.82) is 0 Å². The lowest BCUT2D eigenvalue weighted by Crippen LogP contribution is -2.42. The van der Waals surface area contributed by atoms with Gasteiger partial charge in [-0.15, -0.1) is 0 Å². The summed E-state index contributed by atoms with van der Waals surface area (Å²) in [6.07, 6.45) is 5.29. The average Bonchev–Trinajstić information content (AvgIpc) is 3.39. The van der Waals surface area contributed by atoms with Crippen molar-refractivity contribution in [3.63, 3.8) is 0 Å². The van der Waals surface area contributed by atoms with Gasteiger partial charge in [0.05, 0.1) is 36.1 Å². The summed E-state index contributed by atoms with van der Waals surface area (Å²) in [5.41, 5.74) is 0. The van der Waals surface area contributed by atoms with Gasteiger partial charge in [0.2, 0.25) is 17.7 Å². The molecule has 3 fully saturated rings. The van der Waals surface area contributed by atoms with Crippen LogP contribution in [-0.4, -0.2) is 60.0 Å². The SMILES string of the molecule is O=C1[C@H]2CCCC[C@@H]2C(=O)N1CCC(=O)N(Cc1ccco1)[C@H]1CCS(=O)(=O)C1. The lowest BCUT2D eigenvalue weighted by molar-refractivity contribution is -0.141. The van der Waals surface area contributed by atoms with Crippen molar-refractivity contribution in [1.82, 2.24) is 9.80 Å². The van der Waals surface area contributed by atoms with Gasteiger partial charge in [-0.1, -0.05) is 12.8 Å². The summed E-state index contributed by atoms with van der Waals surface area (Å²) in [5.74, 6) is -0.476. The zero-order chi connectivity index (χ0) is 20.6. The number of imide groups is 1. The number of carbonyl (C=O) groups excluding carboxylic acids is 3. The molecule has 4 rings (SSSR count). The van der Waals surface area contributed by atoms with Crippen LogP contribution in [0.3, 0.4) is 0 Å². The molecule has 3 heterocycles. The first-order valence-corrected chi connectivity index (χ1v) is 12.1. The van der Waals surface area contributed by atoms with Crippen molar-refractivity contribution < 1.29 is 27.2 Å². The smallest absolute Gasteiger partial charge is 0.233 e. The minimum absolute atomic E-state index is 0.00578. The fourth-order valence-electron chi connectivity index (χ4n) is 4.81. The lowest BCUT2D eigenvalue weighted by Gasteiger charge is -2.28. The largest absolute Gasteiger partial charge is 0.467 e. The van der Waals surface area contributed by atoms with E-state index in [4.69, 9.17) is 4.42 Å². The van der Waals surface area contributed by atoms with Crippen LogP contribution in [0.5, 0.6) is 0 Å². The summed E-state index contributed by atoms with van der Waals surface area (Å²) in [6.45, 7) is 0.233. The molecule has 1 aromatic heterocycles. The molecule has 0 aromatic carbocycles. The molecule has 2 aliphatic heterocycles. The molecule has 0 unspecified atom stereocenters. The fourth-order valence-corrected chi connectivity index (χ4v) is 6.55. The van der Waals surface area contributed by atoms with Crippen LogP contribution in [0.15, 0.2) is 22.8 Å². The van der Waals surface area contributed by atoms with E-state index in [1.54, 1.807) is 12.1 Å². The van der Waals surface area contributed by atoms with Gasteiger partial charge in [0.1, 0.15) is 5.76 Å². The summed E-state index contributed by atoms with van der Waals surface area (Å²) in [6, 6.07) is 3.04. The number of furan rings is 1. The Morgan fingerprint density at radius 2 is 1.83 bits per heavy atom. The number of fused-ring (bicyclic) bond motifs is 1. The first-order chi connectivity index (χ1) is 13.9. The van der Waals surface area contributed by atoms with Crippen molar-refractivity contribution in [2.45, 2.75) is 51.1 Å². The molecule has 1 aromatic rings. The van der Waals surface area contributed by atoms with E-state index < -0.39 is 15.9 Å². The van der Waals surface area contributed by atoms with Crippen LogP contribution in [-0.2, 0) is 30.8 Å². The van der Waals surface area contributed by atoms with Crippen molar-refractivity contribution in [2.24, 2.45) is 11.8 Å². The maximum absolute atomic E-state index is 13.0. The molecule has 3 aliphatic rings. The topological polar surface area (TPSA) is 105 Å². The molecular weight excluding hydrogens is 396 g/mol. The monoisotopic (exact) mass is 422 g/mol. The van der Waals surface area contributed by atoms with Crippen LogP contribution >= 0.6 is 0 Å². The van der Waals surface area contributed by atoms with E-state index in [1.165, 1.54) is 16.1 Å². The van der Waals surface area contributed by atoms with Gasteiger partial charge in [0.15, 0.2) is 9.84 Å². The Hall–Kier alpha value is -2.16. The Morgan fingerprint density at radius 3 is 2.38 bits per heavy atom. The molecule has 3 atom stereocenters. The van der Waals surface area contributed by atoms with E-state index >= 15 is 0 Å². The minimum atomic E-state index is -3.16. The molecule has 8 nitrogen and oxygen atoms in total. The number of rotatable bonds is 6. The van der Waals surface area contributed by atoms with Crippen LogP contribution < -0.4 is 0 Å². The second-order valence-corrected chi connectivity index (χ2v) is 10.5. The quantitative estimate of drug-likeness (QED) is 0.641. The van der Waals surface area contributed by atoms with Crippen LogP contribution in [0.25, 0.3) is 0 Å². The number of sulfone groups is 1. The van der Waals surface area contributed by atoms with Gasteiger partial charge in [0.25, 0.3) is 0 Å². The summed E-state index contributed by atoms with van der Waals surface area (Å²) in [5, 5.41) is 0. The molecule has 0 radical (unpaired) electrons. The van der Waals surface area contributed by atoms with Crippen LogP contribution in [0.1, 0.15) is 44.3 Å². The van der Waals surface area contributed by atoms with Gasteiger partial charge >= 0.3 is 0 Å². The van der Waals surface area contributed by atoms with Crippen LogP contribution in [0.4, 0.5) is 0 Å². The molecule has 1 aliphatic carbocycles. The Balaban J connectivity index is 1.44. The first-order valence-electron chi connectivity index (χ1n) is 10.2. The molecule has 2 saturated heterocycles. The average molecular weight is 423 g/mol. The molecule has 0 spiro atoms. The Bertz CT molecular complexity index is 870. The highest BCUT2D eigenvalue weighted by molar-refractivity contribution is 7.91. The molecule has 0 bridgehead atoms. The second-order valence-electron chi connectivity index (χ2n) is 8.23. The van der Waals surface area contributed by atoms with Gasteiger partial charge in [-0.25, -0.2) is 8.42 Å². The van der Waals surface area contributed by atoms with Crippen molar-refractivity contribution >= 4 is 27.6 Å². The van der Waals surface area contributed by atoms with Crippen molar-refractivity contribution in [3.05, 3.63) is 24.2 Å². The second kappa shape index (κ2) is 7.93. The first kappa shape index (κ1) is 20.1. The van der Waals surface area contributed by atoms with E-state index in [-0.39, 0.29) is 60.6 Å². The van der Waals surface area contributed by atoms with Crippen LogP contribution in [0, 0.1) is 11.8 Å². The summed E-state index contributed by atoms with van der Waals surface area (Å²) in [4.78, 5) is 41.0. The molecule has 29 heavy (non-hydrogen) atoms. The van der Waals surface area contributed by atoms with Gasteiger partial charge in [-0.2, -0.15) is 0 Å². The highest BCUT2D eigenvalue weighted by Crippen LogP contribution is 2.38. The lowest BCUT2D eigenvalue weighted by atomic mass is 9.81.